The van der Waals surface area contributed by atoms with Crippen LogP contribution in [0.2, 0.25) is 0 Å². The average molecular weight is 331 g/mol. The fourth-order valence-electron chi connectivity index (χ4n) is 2.10. The first-order valence-electron chi connectivity index (χ1n) is 7.13. The van der Waals surface area contributed by atoms with Gasteiger partial charge < -0.3 is 15.2 Å². The van der Waals surface area contributed by atoms with Crippen LogP contribution in [0.5, 0.6) is 0 Å². The highest BCUT2D eigenvalue weighted by atomic mass is 16.5. The Balaban J connectivity index is 2.38. The van der Waals surface area contributed by atoms with E-state index in [4.69, 9.17) is 9.84 Å². The van der Waals surface area contributed by atoms with E-state index in [1.165, 1.54) is 17.9 Å². The summed E-state index contributed by atoms with van der Waals surface area (Å²) in [6.07, 6.45) is 0. The van der Waals surface area contributed by atoms with E-state index in [2.05, 4.69) is 10.4 Å². The number of hydrogen-bond acceptors (Lipinski definition) is 5. The number of nitrogens with one attached hydrogen (secondary N) is 1. The third-order valence-electron chi connectivity index (χ3n) is 3.26. The van der Waals surface area contributed by atoms with Crippen LogP contribution in [0.1, 0.15) is 16.2 Å². The molecule has 0 bridgehead atoms. The lowest BCUT2D eigenvalue weighted by Gasteiger charge is -2.14. The zero-order chi connectivity index (χ0) is 17.7. The van der Waals surface area contributed by atoms with Crippen LogP contribution in [0.3, 0.4) is 0 Å². The second kappa shape index (κ2) is 7.51. The molecule has 1 atom stereocenters. The summed E-state index contributed by atoms with van der Waals surface area (Å²) < 4.78 is 6.19. The molecule has 0 saturated carbocycles. The van der Waals surface area contributed by atoms with Crippen molar-refractivity contribution >= 4 is 11.9 Å². The minimum atomic E-state index is -1.27. The summed E-state index contributed by atoms with van der Waals surface area (Å²) in [6.45, 7) is 1.47. The van der Waals surface area contributed by atoms with Crippen LogP contribution in [0.15, 0.2) is 41.2 Å². The maximum atomic E-state index is 12.2. The lowest BCUT2D eigenvalue weighted by atomic mass is 10.2. The highest BCUT2D eigenvalue weighted by Gasteiger charge is 2.23. The molecule has 0 fully saturated rings. The van der Waals surface area contributed by atoms with Crippen molar-refractivity contribution in [1.82, 2.24) is 15.1 Å². The number of aryl methyl sites for hydroxylation is 1. The van der Waals surface area contributed by atoms with E-state index in [-0.39, 0.29) is 12.3 Å². The number of benzene rings is 1. The predicted molar refractivity (Wildman–Crippen MR) is 85.3 cm³/mol. The van der Waals surface area contributed by atoms with Crippen molar-refractivity contribution in [3.63, 3.8) is 0 Å². The smallest absolute Gasteiger partial charge is 0.328 e. The van der Waals surface area contributed by atoms with Gasteiger partial charge in [-0.05, 0) is 19.1 Å². The van der Waals surface area contributed by atoms with Crippen LogP contribution >= 0.6 is 0 Å². The fourth-order valence-corrected chi connectivity index (χ4v) is 2.10. The molecule has 2 aromatic rings. The Morgan fingerprint density at radius 3 is 2.58 bits per heavy atom. The van der Waals surface area contributed by atoms with Crippen molar-refractivity contribution < 1.29 is 19.4 Å². The molecular formula is C16H17N3O5. The quantitative estimate of drug-likeness (QED) is 0.791. The normalized spacial score (nSPS) is 11.8. The number of carboxylic acid groups (broad SMARTS) is 1. The van der Waals surface area contributed by atoms with E-state index in [9.17, 15) is 14.4 Å². The van der Waals surface area contributed by atoms with Crippen LogP contribution < -0.4 is 10.7 Å². The molecule has 8 nitrogen and oxygen atoms in total. The number of methoxy groups -OCH3 is 1. The van der Waals surface area contributed by atoms with Gasteiger partial charge in [-0.2, -0.15) is 5.10 Å². The topological polar surface area (TPSA) is 111 Å². The average Bonchev–Trinajstić information content (AvgIpc) is 2.55. The van der Waals surface area contributed by atoms with Gasteiger partial charge in [0.25, 0.3) is 5.91 Å². The van der Waals surface area contributed by atoms with Gasteiger partial charge in [0.2, 0.25) is 5.43 Å². The molecule has 0 aliphatic rings. The number of para-hydroxylation sites is 1. The Hall–Kier alpha value is -3.00. The zero-order valence-electron chi connectivity index (χ0n) is 13.2. The molecule has 1 unspecified atom stereocenters. The summed E-state index contributed by atoms with van der Waals surface area (Å²) in [5.74, 6) is -2.13. The number of hydrogen-bond donors (Lipinski definition) is 2. The number of aliphatic carboxylic acids is 1. The number of carbonyl (C=O) groups excluding carboxylic acids is 1. The highest BCUT2D eigenvalue weighted by molar-refractivity contribution is 5.94. The molecule has 1 aromatic heterocycles. The van der Waals surface area contributed by atoms with Gasteiger partial charge in [0.1, 0.15) is 0 Å². The van der Waals surface area contributed by atoms with Gasteiger partial charge in [-0.3, -0.25) is 9.59 Å². The summed E-state index contributed by atoms with van der Waals surface area (Å²) >= 11 is 0. The maximum Gasteiger partial charge on any atom is 0.328 e. The Labute approximate surface area is 137 Å². The number of rotatable bonds is 6. The summed E-state index contributed by atoms with van der Waals surface area (Å²) in [7, 11) is 1.31. The Bertz CT molecular complexity index is 801. The van der Waals surface area contributed by atoms with Crippen LogP contribution in [-0.2, 0) is 9.53 Å². The van der Waals surface area contributed by atoms with Crippen molar-refractivity contribution in [3.8, 4) is 5.69 Å². The number of carboxylic acids is 1. The first-order chi connectivity index (χ1) is 11.4. The molecule has 0 spiro atoms. The second-order valence-corrected chi connectivity index (χ2v) is 5.07. The molecule has 0 aliphatic carbocycles. The Morgan fingerprint density at radius 1 is 1.33 bits per heavy atom. The van der Waals surface area contributed by atoms with Crippen LogP contribution in [0.25, 0.3) is 5.69 Å². The minimum Gasteiger partial charge on any atom is -0.480 e. The van der Waals surface area contributed by atoms with E-state index in [1.54, 1.807) is 31.2 Å². The van der Waals surface area contributed by atoms with Crippen molar-refractivity contribution in [2.24, 2.45) is 0 Å². The molecule has 2 N–H and O–H groups in total. The molecule has 2 rings (SSSR count). The molecule has 1 heterocycles. The summed E-state index contributed by atoms with van der Waals surface area (Å²) in [4.78, 5) is 35.4. The van der Waals surface area contributed by atoms with Crippen molar-refractivity contribution in [1.29, 1.82) is 0 Å². The first kappa shape index (κ1) is 17.4. The summed E-state index contributed by atoms with van der Waals surface area (Å²) in [5, 5.41) is 15.4. The van der Waals surface area contributed by atoms with Gasteiger partial charge in [0, 0.05) is 18.9 Å². The largest absolute Gasteiger partial charge is 0.480 e. The fraction of sp³-hybridized carbons (Fsp3) is 0.250. The molecular weight excluding hydrogens is 314 g/mol. The molecule has 0 saturated heterocycles. The third-order valence-corrected chi connectivity index (χ3v) is 3.26. The Kier molecular flexibility index (Phi) is 5.43. The van der Waals surface area contributed by atoms with Gasteiger partial charge >= 0.3 is 5.97 Å². The van der Waals surface area contributed by atoms with Crippen LogP contribution in [-0.4, -0.2) is 46.5 Å². The van der Waals surface area contributed by atoms with Crippen LogP contribution in [0.4, 0.5) is 0 Å². The van der Waals surface area contributed by atoms with Crippen molar-refractivity contribution in [2.75, 3.05) is 13.7 Å². The highest BCUT2D eigenvalue weighted by Crippen LogP contribution is 2.07. The van der Waals surface area contributed by atoms with Gasteiger partial charge in [-0.25, -0.2) is 9.48 Å². The van der Waals surface area contributed by atoms with E-state index in [0.717, 1.165) is 0 Å². The SMILES string of the molecule is COCC(NC(=O)c1nn(-c2ccccc2)c(C)cc1=O)C(=O)O. The minimum absolute atomic E-state index is 0.222. The molecule has 1 aromatic carbocycles. The van der Waals surface area contributed by atoms with E-state index >= 15 is 0 Å². The number of carbonyl (C=O) groups is 2. The lowest BCUT2D eigenvalue weighted by Crippen LogP contribution is -2.45. The van der Waals surface area contributed by atoms with Crippen LogP contribution in [0, 0.1) is 6.92 Å². The zero-order valence-corrected chi connectivity index (χ0v) is 13.2. The van der Waals surface area contributed by atoms with Gasteiger partial charge in [-0.15, -0.1) is 0 Å². The predicted octanol–water partition coefficient (Wildman–Crippen LogP) is 0.370. The molecule has 0 radical (unpaired) electrons. The molecule has 0 aliphatic heterocycles. The molecule has 24 heavy (non-hydrogen) atoms. The number of aromatic nitrogens is 2. The maximum absolute atomic E-state index is 12.2. The van der Waals surface area contributed by atoms with E-state index in [1.807, 2.05) is 6.07 Å². The van der Waals surface area contributed by atoms with Crippen molar-refractivity contribution in [3.05, 3.63) is 58.0 Å². The van der Waals surface area contributed by atoms with Crippen molar-refractivity contribution in [2.45, 2.75) is 13.0 Å². The second-order valence-electron chi connectivity index (χ2n) is 5.07. The van der Waals surface area contributed by atoms with Gasteiger partial charge in [0.15, 0.2) is 11.7 Å². The number of ether oxygens (including phenoxy) is 1. The van der Waals surface area contributed by atoms with E-state index < -0.39 is 23.3 Å². The summed E-state index contributed by atoms with van der Waals surface area (Å²) in [6, 6.07) is 8.99. The van der Waals surface area contributed by atoms with Gasteiger partial charge in [-0.1, -0.05) is 18.2 Å². The number of nitrogens with zero attached hydrogens (tertiary/aromatic N) is 2. The number of amides is 1. The third kappa shape index (κ3) is 3.85. The Morgan fingerprint density at radius 2 is 2.00 bits per heavy atom. The molecule has 8 heteroatoms. The molecule has 126 valence electrons. The van der Waals surface area contributed by atoms with E-state index in [0.29, 0.717) is 11.4 Å². The summed E-state index contributed by atoms with van der Waals surface area (Å²) in [5.41, 5.74) is 0.260. The van der Waals surface area contributed by atoms with Gasteiger partial charge in [0.05, 0.1) is 12.3 Å². The first-order valence-corrected chi connectivity index (χ1v) is 7.13. The molecule has 1 amide bonds. The lowest BCUT2D eigenvalue weighted by molar-refractivity contribution is -0.140. The monoisotopic (exact) mass is 331 g/mol. The standard InChI is InChI=1S/C16H17N3O5/c1-10-8-13(20)14(15(21)17-12(9-24-2)16(22)23)18-19(10)11-6-4-3-5-7-11/h3-8,12H,9H2,1-2H3,(H,17,21)(H,22,23).